The fraction of sp³-hybridized carbons (Fsp3) is 0.588. The minimum atomic E-state index is -0.189. The molecule has 1 unspecified atom stereocenters. The number of anilines is 1. The molecule has 0 aliphatic carbocycles. The average Bonchev–Trinajstić information content (AvgIpc) is 3.09. The van der Waals surface area contributed by atoms with Crippen molar-refractivity contribution >= 4 is 17.4 Å². The second kappa shape index (κ2) is 7.08. The highest BCUT2D eigenvalue weighted by atomic mass is 16.5. The van der Waals surface area contributed by atoms with Crippen molar-refractivity contribution in [3.8, 4) is 0 Å². The summed E-state index contributed by atoms with van der Waals surface area (Å²) < 4.78 is 5.43. The predicted molar refractivity (Wildman–Crippen MR) is 86.6 cm³/mol. The Balaban J connectivity index is 1.78. The summed E-state index contributed by atoms with van der Waals surface area (Å²) >= 11 is 0. The highest BCUT2D eigenvalue weighted by molar-refractivity contribution is 5.94. The minimum Gasteiger partial charge on any atom is -0.377 e. The minimum absolute atomic E-state index is 0.0667. The van der Waals surface area contributed by atoms with Crippen molar-refractivity contribution < 1.29 is 14.3 Å². The van der Waals surface area contributed by atoms with Gasteiger partial charge in [0.25, 0.3) is 5.91 Å². The van der Waals surface area contributed by atoms with E-state index in [1.807, 2.05) is 12.1 Å². The quantitative estimate of drug-likeness (QED) is 0.842. The number of aromatic nitrogens is 1. The molecule has 1 aromatic rings. The average molecular weight is 317 g/mol. The van der Waals surface area contributed by atoms with Gasteiger partial charge >= 0.3 is 0 Å². The van der Waals surface area contributed by atoms with Crippen molar-refractivity contribution in [1.29, 1.82) is 0 Å². The SMILES string of the molecule is CC(=O)CC1COCCN1C(=O)c1cc(N2CCCC2)ccn1. The van der Waals surface area contributed by atoms with Crippen LogP contribution in [-0.4, -0.2) is 60.5 Å². The van der Waals surface area contributed by atoms with Gasteiger partial charge in [-0.15, -0.1) is 0 Å². The van der Waals surface area contributed by atoms with Gasteiger partial charge in [-0.05, 0) is 31.9 Å². The Bertz CT molecular complexity index is 584. The standard InChI is InChI=1S/C17H23N3O3/c1-13(21)10-15-12-23-9-8-20(15)17(22)16-11-14(4-5-18-16)19-6-2-3-7-19/h4-5,11,15H,2-3,6-10,12H2,1H3. The number of ketones is 1. The summed E-state index contributed by atoms with van der Waals surface area (Å²) in [5, 5.41) is 0. The third kappa shape index (κ3) is 3.69. The van der Waals surface area contributed by atoms with Crippen LogP contribution >= 0.6 is 0 Å². The summed E-state index contributed by atoms with van der Waals surface area (Å²) in [4.78, 5) is 32.5. The van der Waals surface area contributed by atoms with E-state index in [4.69, 9.17) is 4.74 Å². The van der Waals surface area contributed by atoms with E-state index in [1.165, 1.54) is 12.8 Å². The zero-order valence-corrected chi connectivity index (χ0v) is 13.5. The number of Topliss-reactive ketones (excluding diaryl/α,β-unsaturated/α-hetero) is 1. The van der Waals surface area contributed by atoms with Crippen molar-refractivity contribution in [1.82, 2.24) is 9.88 Å². The monoisotopic (exact) mass is 317 g/mol. The molecule has 3 heterocycles. The lowest BCUT2D eigenvalue weighted by Crippen LogP contribution is -2.49. The highest BCUT2D eigenvalue weighted by Crippen LogP contribution is 2.22. The third-order valence-corrected chi connectivity index (χ3v) is 4.45. The number of hydrogen-bond donors (Lipinski definition) is 0. The van der Waals surface area contributed by atoms with Crippen LogP contribution < -0.4 is 4.90 Å². The maximum atomic E-state index is 12.8. The first kappa shape index (κ1) is 15.9. The molecule has 0 bridgehead atoms. The lowest BCUT2D eigenvalue weighted by molar-refractivity contribution is -0.119. The second-order valence-corrected chi connectivity index (χ2v) is 6.23. The molecule has 0 radical (unpaired) electrons. The molecule has 6 heteroatoms. The van der Waals surface area contributed by atoms with E-state index in [0.717, 1.165) is 18.8 Å². The van der Waals surface area contributed by atoms with Crippen LogP contribution in [0.15, 0.2) is 18.3 Å². The van der Waals surface area contributed by atoms with Crippen LogP contribution in [-0.2, 0) is 9.53 Å². The van der Waals surface area contributed by atoms with Crippen LogP contribution in [0.2, 0.25) is 0 Å². The molecule has 3 rings (SSSR count). The summed E-state index contributed by atoms with van der Waals surface area (Å²) in [6.45, 7) is 5.03. The number of amides is 1. The molecule has 2 aliphatic heterocycles. The summed E-state index contributed by atoms with van der Waals surface area (Å²) in [6.07, 6.45) is 4.41. The number of carbonyl (C=O) groups is 2. The molecule has 1 aromatic heterocycles. The number of carbonyl (C=O) groups excluding carboxylic acids is 2. The molecule has 0 aromatic carbocycles. The first-order chi connectivity index (χ1) is 11.1. The molecule has 2 aliphatic rings. The number of pyridine rings is 1. The lowest BCUT2D eigenvalue weighted by atomic mass is 10.1. The van der Waals surface area contributed by atoms with Crippen LogP contribution in [0.3, 0.4) is 0 Å². The molecule has 0 saturated carbocycles. The van der Waals surface area contributed by atoms with Gasteiger partial charge in [0, 0.05) is 37.9 Å². The van der Waals surface area contributed by atoms with Gasteiger partial charge in [0.1, 0.15) is 11.5 Å². The molecule has 2 saturated heterocycles. The van der Waals surface area contributed by atoms with Gasteiger partial charge in [0.15, 0.2) is 0 Å². The smallest absolute Gasteiger partial charge is 0.272 e. The zero-order chi connectivity index (χ0) is 16.2. The Hall–Kier alpha value is -1.95. The van der Waals surface area contributed by atoms with Crippen LogP contribution in [0.5, 0.6) is 0 Å². The van der Waals surface area contributed by atoms with E-state index in [1.54, 1.807) is 18.0 Å². The Morgan fingerprint density at radius 3 is 2.83 bits per heavy atom. The molecule has 1 atom stereocenters. The number of morpholine rings is 1. The number of hydrogen-bond acceptors (Lipinski definition) is 5. The van der Waals surface area contributed by atoms with E-state index in [-0.39, 0.29) is 17.7 Å². The second-order valence-electron chi connectivity index (χ2n) is 6.23. The first-order valence-corrected chi connectivity index (χ1v) is 8.24. The fourth-order valence-corrected chi connectivity index (χ4v) is 3.28. The molecule has 0 spiro atoms. The molecule has 1 amide bonds. The van der Waals surface area contributed by atoms with Crippen molar-refractivity contribution in [2.75, 3.05) is 37.7 Å². The topological polar surface area (TPSA) is 62.7 Å². The van der Waals surface area contributed by atoms with E-state index in [2.05, 4.69) is 9.88 Å². The number of nitrogens with zero attached hydrogens (tertiary/aromatic N) is 3. The number of rotatable bonds is 4. The Labute approximate surface area is 136 Å². The Kier molecular flexibility index (Phi) is 4.91. The first-order valence-electron chi connectivity index (χ1n) is 8.24. The number of ether oxygens (including phenoxy) is 1. The molecule has 23 heavy (non-hydrogen) atoms. The van der Waals surface area contributed by atoms with Crippen molar-refractivity contribution in [2.45, 2.75) is 32.2 Å². The van der Waals surface area contributed by atoms with E-state index < -0.39 is 0 Å². The summed E-state index contributed by atoms with van der Waals surface area (Å²) in [5.74, 6) is -0.0438. The molecule has 124 valence electrons. The van der Waals surface area contributed by atoms with Crippen LogP contribution in [0.1, 0.15) is 36.7 Å². The maximum Gasteiger partial charge on any atom is 0.272 e. The fourth-order valence-electron chi connectivity index (χ4n) is 3.28. The van der Waals surface area contributed by atoms with Gasteiger partial charge in [-0.2, -0.15) is 0 Å². The Morgan fingerprint density at radius 1 is 1.30 bits per heavy atom. The van der Waals surface area contributed by atoms with Gasteiger partial charge in [0.05, 0.1) is 19.3 Å². The van der Waals surface area contributed by atoms with E-state index in [9.17, 15) is 9.59 Å². The third-order valence-electron chi connectivity index (χ3n) is 4.45. The molecule has 0 N–H and O–H groups in total. The van der Waals surface area contributed by atoms with E-state index >= 15 is 0 Å². The molecular formula is C17H23N3O3. The van der Waals surface area contributed by atoms with Crippen molar-refractivity contribution in [2.24, 2.45) is 0 Å². The predicted octanol–water partition coefficient (Wildman–Crippen LogP) is 1.50. The van der Waals surface area contributed by atoms with Gasteiger partial charge in [-0.25, -0.2) is 0 Å². The van der Waals surface area contributed by atoms with Gasteiger partial charge in [-0.1, -0.05) is 0 Å². The van der Waals surface area contributed by atoms with Crippen LogP contribution in [0.25, 0.3) is 0 Å². The van der Waals surface area contributed by atoms with Gasteiger partial charge in [0.2, 0.25) is 0 Å². The van der Waals surface area contributed by atoms with Crippen LogP contribution in [0, 0.1) is 0 Å². The summed E-state index contributed by atoms with van der Waals surface area (Å²) in [6, 6.07) is 3.63. The maximum absolute atomic E-state index is 12.8. The normalized spacial score (nSPS) is 21.5. The van der Waals surface area contributed by atoms with Crippen LogP contribution in [0.4, 0.5) is 5.69 Å². The van der Waals surface area contributed by atoms with Crippen molar-refractivity contribution in [3.63, 3.8) is 0 Å². The Morgan fingerprint density at radius 2 is 2.09 bits per heavy atom. The molecule has 2 fully saturated rings. The molecular weight excluding hydrogens is 294 g/mol. The summed E-state index contributed by atoms with van der Waals surface area (Å²) in [5.41, 5.74) is 1.50. The van der Waals surface area contributed by atoms with E-state index in [0.29, 0.717) is 31.9 Å². The lowest BCUT2D eigenvalue weighted by Gasteiger charge is -2.35. The summed E-state index contributed by atoms with van der Waals surface area (Å²) in [7, 11) is 0. The molecule has 6 nitrogen and oxygen atoms in total. The zero-order valence-electron chi connectivity index (χ0n) is 13.5. The largest absolute Gasteiger partial charge is 0.377 e. The van der Waals surface area contributed by atoms with Gasteiger partial charge in [-0.3, -0.25) is 14.6 Å². The van der Waals surface area contributed by atoms with Gasteiger partial charge < -0.3 is 14.5 Å². The van der Waals surface area contributed by atoms with Crippen molar-refractivity contribution in [3.05, 3.63) is 24.0 Å². The highest BCUT2D eigenvalue weighted by Gasteiger charge is 2.30.